The summed E-state index contributed by atoms with van der Waals surface area (Å²) in [6.07, 6.45) is 1.46. The summed E-state index contributed by atoms with van der Waals surface area (Å²) in [4.78, 5) is 0. The van der Waals surface area contributed by atoms with Crippen LogP contribution in [0.25, 0.3) is 0 Å². The Labute approximate surface area is 66.2 Å². The third-order valence-electron chi connectivity index (χ3n) is 0.577. The fourth-order valence-electron chi connectivity index (χ4n) is 0.144. The molecular weight excluding hydrogens is 322 g/mol. The van der Waals surface area contributed by atoms with E-state index in [1.807, 2.05) is 11.8 Å². The van der Waals surface area contributed by atoms with E-state index < -0.39 is 0 Å². The highest BCUT2D eigenvalue weighted by Gasteiger charge is 1.95. The van der Waals surface area contributed by atoms with Gasteiger partial charge in [-0.25, -0.2) is 0 Å². The van der Waals surface area contributed by atoms with Crippen LogP contribution in [0.3, 0.4) is 0 Å². The molecule has 3 heteroatoms. The minimum atomic E-state index is 1.42. The maximum absolute atomic E-state index is 2.12. The summed E-state index contributed by atoms with van der Waals surface area (Å²) in [5.41, 5.74) is 0. The Bertz CT molecular complexity index is 16.8. The van der Waals surface area contributed by atoms with Crippen LogP contribution < -0.4 is 0 Å². The second-order valence-corrected chi connectivity index (χ2v) is 2.19. The average molecular weight is 328 g/mol. The van der Waals surface area contributed by atoms with Gasteiger partial charge < -0.3 is 0 Å². The lowest BCUT2D eigenvalue weighted by Gasteiger charge is -2.05. The van der Waals surface area contributed by atoms with Crippen LogP contribution in [0.2, 0.25) is 0 Å². The van der Waals surface area contributed by atoms with Gasteiger partial charge in [-0.2, -0.15) is 11.8 Å². The molecule has 1 rings (SSSR count). The summed E-state index contributed by atoms with van der Waals surface area (Å²) in [7, 11) is 0. The first kappa shape index (κ1) is 7.81. The minimum absolute atomic E-state index is 1.42. The second kappa shape index (κ2) is 6.81. The molecule has 0 bridgehead atoms. The average Bonchev–Trinajstić information content (AvgIpc) is 1.36. The Hall–Kier alpha value is 1.81. The van der Waals surface area contributed by atoms with Crippen molar-refractivity contribution in [1.82, 2.24) is 0 Å². The summed E-state index contributed by atoms with van der Waals surface area (Å²) in [5, 5.41) is 0. The Morgan fingerprint density at radius 3 is 1.33 bits per heavy atom. The first-order chi connectivity index (χ1) is 3.00. The van der Waals surface area contributed by atoms with Gasteiger partial charge in [-0.05, 0) is 17.9 Å². The zero-order valence-electron chi connectivity index (χ0n) is 3.29. The molecule has 1 fully saturated rings. The molecule has 0 aromatic heterocycles. The van der Waals surface area contributed by atoms with Crippen molar-refractivity contribution >= 4 is 49.0 Å². The molecule has 1 heterocycles. The van der Waals surface area contributed by atoms with E-state index in [-0.39, 0.29) is 0 Å². The molecule has 0 aromatic carbocycles. The van der Waals surface area contributed by atoms with Crippen LogP contribution in [0.1, 0.15) is 6.42 Å². The van der Waals surface area contributed by atoms with E-state index in [0.717, 1.165) is 0 Å². The maximum Gasteiger partial charge on any atom is 0 e. The Morgan fingerprint density at radius 1 is 1.17 bits per heavy atom. The third-order valence-corrected chi connectivity index (χ3v) is 1.73. The highest BCUT2D eigenvalue weighted by atomic mass is 128. The van der Waals surface area contributed by atoms with Crippen LogP contribution in [-0.4, -0.2) is 11.5 Å². The minimum Gasteiger partial charge on any atom is -0.162 e. The van der Waals surface area contributed by atoms with Gasteiger partial charge in [0.1, 0.15) is 0 Å². The summed E-state index contributed by atoms with van der Waals surface area (Å²) in [6.45, 7) is 0. The number of hydrogen-bond donors (Lipinski definition) is 0. The van der Waals surface area contributed by atoms with Crippen LogP contribution in [0.5, 0.6) is 0 Å². The standard InChI is InChI=1S/C3H6S.I2/c1-2-4-3-1;1-2/h1-3H2;. The fourth-order valence-corrected chi connectivity index (χ4v) is 0.433. The van der Waals surface area contributed by atoms with Crippen molar-refractivity contribution in [3.63, 3.8) is 0 Å². The quantitative estimate of drug-likeness (QED) is 0.616. The summed E-state index contributed by atoms with van der Waals surface area (Å²) in [6, 6.07) is 0. The summed E-state index contributed by atoms with van der Waals surface area (Å²) >= 11 is 6.28. The number of thioether (sulfide) groups is 1. The molecule has 0 atom stereocenters. The highest BCUT2D eigenvalue weighted by molar-refractivity contribution is 15.0. The molecule has 0 unspecified atom stereocenters. The molecule has 0 saturated carbocycles. The topological polar surface area (TPSA) is 0 Å². The van der Waals surface area contributed by atoms with Crippen molar-refractivity contribution in [3.05, 3.63) is 0 Å². The van der Waals surface area contributed by atoms with E-state index in [1.54, 1.807) is 0 Å². The largest absolute Gasteiger partial charge is 0.162 e. The van der Waals surface area contributed by atoms with Crippen molar-refractivity contribution in [3.8, 4) is 0 Å². The van der Waals surface area contributed by atoms with Crippen molar-refractivity contribution in [2.24, 2.45) is 0 Å². The molecule has 6 heavy (non-hydrogen) atoms. The zero-order chi connectivity index (χ0) is 4.83. The van der Waals surface area contributed by atoms with Crippen LogP contribution in [0.4, 0.5) is 0 Å². The monoisotopic (exact) mass is 328 g/mol. The zero-order valence-corrected chi connectivity index (χ0v) is 8.42. The predicted molar refractivity (Wildman–Crippen MR) is 50.0 cm³/mol. The normalized spacial score (nSPS) is 17.0. The molecule has 0 nitrogen and oxygen atoms in total. The van der Waals surface area contributed by atoms with Crippen molar-refractivity contribution < 1.29 is 0 Å². The van der Waals surface area contributed by atoms with Gasteiger partial charge >= 0.3 is 0 Å². The van der Waals surface area contributed by atoms with Gasteiger partial charge in [-0.3, -0.25) is 0 Å². The van der Waals surface area contributed by atoms with E-state index >= 15 is 0 Å². The lowest BCUT2D eigenvalue weighted by Crippen LogP contribution is -1.94. The smallest absolute Gasteiger partial charge is 0 e. The Kier molecular flexibility index (Phi) is 8.86. The third kappa shape index (κ3) is 3.98. The molecule has 1 saturated heterocycles. The van der Waals surface area contributed by atoms with E-state index in [9.17, 15) is 0 Å². The van der Waals surface area contributed by atoms with E-state index in [2.05, 4.69) is 37.2 Å². The summed E-state index contributed by atoms with van der Waals surface area (Å²) in [5.74, 6) is 2.83. The van der Waals surface area contributed by atoms with Gasteiger partial charge in [0.15, 0.2) is 0 Å². The highest BCUT2D eigenvalue weighted by Crippen LogP contribution is 2.14. The summed E-state index contributed by atoms with van der Waals surface area (Å²) < 4.78 is 0. The maximum atomic E-state index is 2.12. The molecule has 38 valence electrons. The van der Waals surface area contributed by atoms with Gasteiger partial charge in [0, 0.05) is 37.2 Å². The Balaban J connectivity index is 0.000000112. The van der Waals surface area contributed by atoms with Crippen molar-refractivity contribution in [2.45, 2.75) is 6.42 Å². The molecule has 0 N–H and O–H groups in total. The lowest BCUT2D eigenvalue weighted by atomic mass is 10.6. The fraction of sp³-hybridized carbons (Fsp3) is 1.00. The molecule has 0 radical (unpaired) electrons. The van der Waals surface area contributed by atoms with Crippen LogP contribution in [-0.2, 0) is 0 Å². The lowest BCUT2D eigenvalue weighted by molar-refractivity contribution is 1.06. The van der Waals surface area contributed by atoms with Crippen molar-refractivity contribution in [1.29, 1.82) is 0 Å². The van der Waals surface area contributed by atoms with Crippen LogP contribution in [0, 0.1) is 0 Å². The predicted octanol–water partition coefficient (Wildman–Crippen LogP) is 2.89. The first-order valence-corrected chi connectivity index (χ1v) is 9.16. The van der Waals surface area contributed by atoms with E-state index in [1.165, 1.54) is 17.9 Å². The van der Waals surface area contributed by atoms with Gasteiger partial charge in [0.25, 0.3) is 0 Å². The number of rotatable bonds is 0. The number of halogens is 2. The molecule has 1 aliphatic rings. The molecule has 0 spiro atoms. The van der Waals surface area contributed by atoms with Gasteiger partial charge in [-0.15, -0.1) is 0 Å². The van der Waals surface area contributed by atoms with Gasteiger partial charge in [0.05, 0.1) is 0 Å². The molecule has 1 aliphatic heterocycles. The molecule has 0 aliphatic carbocycles. The number of hydrogen-bond acceptors (Lipinski definition) is 1. The van der Waals surface area contributed by atoms with Crippen LogP contribution >= 0.6 is 49.0 Å². The molecular formula is C3H6I2S. The van der Waals surface area contributed by atoms with Crippen LogP contribution in [0.15, 0.2) is 0 Å². The Morgan fingerprint density at radius 2 is 1.33 bits per heavy atom. The van der Waals surface area contributed by atoms with Gasteiger partial charge in [-0.1, -0.05) is 0 Å². The van der Waals surface area contributed by atoms with Gasteiger partial charge in [0.2, 0.25) is 0 Å². The first-order valence-electron chi connectivity index (χ1n) is 1.72. The van der Waals surface area contributed by atoms with E-state index in [4.69, 9.17) is 0 Å². The SMILES string of the molecule is C1CSC1.II. The molecule has 0 amide bonds. The molecule has 0 aromatic rings. The van der Waals surface area contributed by atoms with E-state index in [0.29, 0.717) is 0 Å². The van der Waals surface area contributed by atoms with Crippen molar-refractivity contribution in [2.75, 3.05) is 11.5 Å². The second-order valence-electron chi connectivity index (χ2n) is 0.966.